The number of ether oxygens (including phenoxy) is 1. The molecule has 3 aliphatic rings. The molecule has 0 bridgehead atoms. The molecule has 1 saturated carbocycles. The predicted octanol–water partition coefficient (Wildman–Crippen LogP) is 4.59. The van der Waals surface area contributed by atoms with Crippen LogP contribution in [0, 0.1) is 11.2 Å². The van der Waals surface area contributed by atoms with Gasteiger partial charge in [0, 0.05) is 37.4 Å². The predicted molar refractivity (Wildman–Crippen MR) is 171 cm³/mol. The van der Waals surface area contributed by atoms with Gasteiger partial charge in [0.05, 0.1) is 11.9 Å². The van der Waals surface area contributed by atoms with Gasteiger partial charge in [-0.25, -0.2) is 14.0 Å². The molecule has 6 rings (SSSR count). The average Bonchev–Trinajstić information content (AvgIpc) is 3.04. The number of guanidine groups is 1. The number of urea groups is 1. The number of nitrogens with zero attached hydrogens (tertiary/aromatic N) is 3. The Morgan fingerprint density at radius 2 is 1.80 bits per heavy atom. The molecular formula is C32H40FN9O3. The fourth-order valence-corrected chi connectivity index (χ4v) is 6.44. The number of piperidine rings is 1. The van der Waals surface area contributed by atoms with Crippen molar-refractivity contribution in [2.24, 2.45) is 5.73 Å². The number of likely N-dealkylation sites (tertiary alicyclic amines) is 1. The summed E-state index contributed by atoms with van der Waals surface area (Å²) < 4.78 is 21.1. The molecule has 12 nitrogen and oxygen atoms in total. The Bertz CT molecular complexity index is 1580. The number of benzene rings is 2. The third kappa shape index (κ3) is 7.36. The molecule has 45 heavy (non-hydrogen) atoms. The number of halogens is 1. The van der Waals surface area contributed by atoms with Gasteiger partial charge in [0.15, 0.2) is 23.3 Å². The van der Waals surface area contributed by atoms with E-state index in [0.29, 0.717) is 48.7 Å². The number of fused-ring (bicyclic) bond motifs is 2. The number of aromatic nitrogens is 2. The smallest absolute Gasteiger partial charge is 0.350 e. The van der Waals surface area contributed by atoms with E-state index in [1.807, 2.05) is 6.07 Å². The quantitative estimate of drug-likeness (QED) is 0.0950. The number of rotatable bonds is 8. The second-order valence-electron chi connectivity index (χ2n) is 12.0. The maximum Gasteiger partial charge on any atom is 0.350 e. The van der Waals surface area contributed by atoms with Crippen LogP contribution in [0.15, 0.2) is 53.5 Å². The molecule has 0 atom stereocenters. The summed E-state index contributed by atoms with van der Waals surface area (Å²) in [5, 5.41) is 19.7. The van der Waals surface area contributed by atoms with Crippen molar-refractivity contribution in [3.8, 4) is 11.5 Å². The maximum atomic E-state index is 13.2. The summed E-state index contributed by atoms with van der Waals surface area (Å²) in [6.45, 7) is 2.75. The second-order valence-corrected chi connectivity index (χ2v) is 12.0. The highest BCUT2D eigenvalue weighted by Gasteiger charge is 2.28. The molecule has 3 heterocycles. The van der Waals surface area contributed by atoms with Gasteiger partial charge in [-0.3, -0.25) is 9.98 Å². The number of nitrogens with one attached hydrogen (secondary N) is 5. The van der Waals surface area contributed by atoms with Crippen LogP contribution >= 0.6 is 0 Å². The number of carbonyl (C=O) groups excluding carboxylic acids is 1. The lowest BCUT2D eigenvalue weighted by Crippen LogP contribution is -2.40. The van der Waals surface area contributed by atoms with Crippen LogP contribution in [0.5, 0.6) is 11.5 Å². The monoisotopic (exact) mass is 617 g/mol. The van der Waals surface area contributed by atoms with Gasteiger partial charge in [0.2, 0.25) is 0 Å². The lowest BCUT2D eigenvalue weighted by atomic mass is 9.89. The highest BCUT2D eigenvalue weighted by Crippen LogP contribution is 2.43. The van der Waals surface area contributed by atoms with Crippen LogP contribution in [0.25, 0.3) is 0 Å². The highest BCUT2D eigenvalue weighted by molar-refractivity contribution is 5.89. The van der Waals surface area contributed by atoms with Gasteiger partial charge >= 0.3 is 11.7 Å². The van der Waals surface area contributed by atoms with Crippen molar-refractivity contribution < 1.29 is 13.9 Å². The first-order valence-electron chi connectivity index (χ1n) is 15.7. The van der Waals surface area contributed by atoms with Crippen LogP contribution in [0.3, 0.4) is 0 Å². The zero-order valence-electron chi connectivity index (χ0n) is 25.2. The number of amides is 2. The molecular weight excluding hydrogens is 577 g/mol. The van der Waals surface area contributed by atoms with Crippen LogP contribution in [0.4, 0.5) is 26.4 Å². The summed E-state index contributed by atoms with van der Waals surface area (Å²) >= 11 is 0. The number of nitrogens with two attached hydrogens (primary N) is 1. The summed E-state index contributed by atoms with van der Waals surface area (Å²) in [6.07, 6.45) is 7.99. The van der Waals surface area contributed by atoms with E-state index in [1.54, 1.807) is 27.8 Å². The van der Waals surface area contributed by atoms with E-state index < -0.39 is 0 Å². The Hall–Kier alpha value is -4.65. The van der Waals surface area contributed by atoms with Gasteiger partial charge in [-0.05, 0) is 99.4 Å². The molecule has 238 valence electrons. The first-order valence-corrected chi connectivity index (χ1v) is 15.7. The van der Waals surface area contributed by atoms with E-state index in [0.717, 1.165) is 62.7 Å². The fourth-order valence-electron chi connectivity index (χ4n) is 6.44. The molecule has 2 aliphatic heterocycles. The summed E-state index contributed by atoms with van der Waals surface area (Å²) in [5.74, 6) is 1.56. The van der Waals surface area contributed by atoms with Crippen molar-refractivity contribution in [2.45, 2.75) is 62.9 Å². The fraction of sp³-hybridized carbons (Fsp3) is 0.438. The van der Waals surface area contributed by atoms with Gasteiger partial charge in [-0.1, -0.05) is 6.07 Å². The normalized spacial score (nSPS) is 19.4. The molecule has 0 unspecified atom stereocenters. The van der Waals surface area contributed by atoms with E-state index in [2.05, 4.69) is 38.4 Å². The minimum atomic E-state index is -0.342. The molecule has 1 aromatic heterocycles. The molecule has 2 aromatic carbocycles. The summed E-state index contributed by atoms with van der Waals surface area (Å²) in [5.41, 5.74) is 7.51. The molecule has 1 saturated heterocycles. The first-order chi connectivity index (χ1) is 21.8. The van der Waals surface area contributed by atoms with Gasteiger partial charge in [-0.2, -0.15) is 4.98 Å². The van der Waals surface area contributed by atoms with Crippen molar-refractivity contribution in [3.63, 3.8) is 0 Å². The lowest BCUT2D eigenvalue weighted by Gasteiger charge is -2.33. The van der Waals surface area contributed by atoms with Crippen LogP contribution in [0.2, 0.25) is 0 Å². The summed E-state index contributed by atoms with van der Waals surface area (Å²) in [6, 6.07) is 12.1. The number of anilines is 3. The first kappa shape index (κ1) is 30.4. The minimum absolute atomic E-state index is 0.00592. The highest BCUT2D eigenvalue weighted by atomic mass is 19.1. The Morgan fingerprint density at radius 3 is 2.53 bits per heavy atom. The lowest BCUT2D eigenvalue weighted by molar-refractivity contribution is 0.194. The number of carbonyl (C=O) groups is 1. The Balaban J connectivity index is 1.02. The van der Waals surface area contributed by atoms with E-state index in [-0.39, 0.29) is 35.5 Å². The average molecular weight is 618 g/mol. The Kier molecular flexibility index (Phi) is 9.15. The van der Waals surface area contributed by atoms with E-state index in [4.69, 9.17) is 15.9 Å². The second kappa shape index (κ2) is 13.6. The van der Waals surface area contributed by atoms with Crippen molar-refractivity contribution in [3.05, 3.63) is 70.5 Å². The van der Waals surface area contributed by atoms with E-state index >= 15 is 0 Å². The van der Waals surface area contributed by atoms with Crippen molar-refractivity contribution in [1.82, 2.24) is 25.1 Å². The Morgan fingerprint density at radius 1 is 1.04 bits per heavy atom. The standard InChI is InChI=1S/C32H40FN9O3/c33-22-3-5-24(6-4-22)38-31(43)41-16-12-20(13-17-41)21-2-11-27-26(18-21)39-29-28(45-27)19-42(32(44)40-29)25-9-7-23(8-10-25)36-14-1-15-37-30(34)35/h2-6,11,18-20,23,25,36H,1,7-10,12-17H2,(H,38,43)(H4,34,35,37)(H,39,40,44)/t23-,25+. The van der Waals surface area contributed by atoms with Gasteiger partial charge in [0.25, 0.3) is 0 Å². The summed E-state index contributed by atoms with van der Waals surface area (Å²) in [4.78, 5) is 31.9. The Labute approximate surface area is 261 Å². The molecule has 3 aromatic rings. The third-order valence-electron chi connectivity index (χ3n) is 8.94. The SMILES string of the molecule is N=C(N)NCCCN[C@H]1CC[C@@H](n2cc3c(nc2=O)Nc2cc(C4CCN(C(=O)Nc5ccc(F)cc5)CC4)ccc2O3)CC1. The minimum Gasteiger partial charge on any atom is -0.450 e. The number of hydrogen-bond acceptors (Lipinski definition) is 7. The van der Waals surface area contributed by atoms with Crippen LogP contribution in [-0.2, 0) is 0 Å². The zero-order chi connectivity index (χ0) is 31.3. The van der Waals surface area contributed by atoms with Crippen molar-refractivity contribution in [1.29, 1.82) is 5.41 Å². The van der Waals surface area contributed by atoms with Crippen LogP contribution in [-0.4, -0.2) is 58.7 Å². The molecule has 2 amide bonds. The third-order valence-corrected chi connectivity index (χ3v) is 8.94. The molecule has 0 radical (unpaired) electrons. The van der Waals surface area contributed by atoms with Gasteiger partial charge < -0.3 is 36.6 Å². The van der Waals surface area contributed by atoms with Crippen LogP contribution in [0.1, 0.15) is 62.5 Å². The maximum absolute atomic E-state index is 13.2. The molecule has 13 heteroatoms. The van der Waals surface area contributed by atoms with Crippen molar-refractivity contribution >= 4 is 29.2 Å². The van der Waals surface area contributed by atoms with Gasteiger partial charge in [-0.15, -0.1) is 0 Å². The molecule has 0 spiro atoms. The molecule has 1 aliphatic carbocycles. The molecule has 2 fully saturated rings. The van der Waals surface area contributed by atoms with Crippen molar-refractivity contribution in [2.75, 3.05) is 36.8 Å². The number of hydrogen-bond donors (Lipinski definition) is 6. The topological polar surface area (TPSA) is 162 Å². The van der Waals surface area contributed by atoms with E-state index in [9.17, 15) is 14.0 Å². The van der Waals surface area contributed by atoms with Crippen LogP contribution < -0.4 is 37.4 Å². The zero-order valence-corrected chi connectivity index (χ0v) is 25.2. The van der Waals surface area contributed by atoms with Gasteiger partial charge in [0.1, 0.15) is 5.82 Å². The molecule has 7 N–H and O–H groups in total. The summed E-state index contributed by atoms with van der Waals surface area (Å²) in [7, 11) is 0. The van der Waals surface area contributed by atoms with E-state index in [1.165, 1.54) is 12.1 Å². The largest absolute Gasteiger partial charge is 0.450 e.